The molecule has 1 radical (unpaired) electrons. The van der Waals surface area contributed by atoms with E-state index in [1.165, 1.54) is 0 Å². The van der Waals surface area contributed by atoms with Crippen molar-refractivity contribution in [2.24, 2.45) is 0 Å². The maximum absolute atomic E-state index is 9.38. The number of rotatable bonds is 2. The zero-order valence-electron chi connectivity index (χ0n) is 5.49. The van der Waals surface area contributed by atoms with Gasteiger partial charge < -0.3 is 5.48 Å². The van der Waals surface area contributed by atoms with Gasteiger partial charge in [0.25, 0.3) is 0 Å². The van der Waals surface area contributed by atoms with Crippen molar-refractivity contribution in [3.05, 3.63) is 0 Å². The molecule has 0 atom stereocenters. The summed E-state index contributed by atoms with van der Waals surface area (Å²) in [5.74, 6) is 0. The first-order valence-electron chi connectivity index (χ1n) is 1.33. The molecule has 0 N–H and O–H groups in total. The Bertz CT molecular complexity index is 239. The Morgan fingerprint density at radius 3 is 1.08 bits per heavy atom. The van der Waals surface area contributed by atoms with Crippen molar-refractivity contribution in [1.82, 2.24) is 0 Å². The van der Waals surface area contributed by atoms with Gasteiger partial charge >= 0.3 is 122 Å². The molecule has 12 heavy (non-hydrogen) atoms. The summed E-state index contributed by atoms with van der Waals surface area (Å²) in [6.45, 7) is 0. The first-order chi connectivity index (χ1) is 3.71. The van der Waals surface area contributed by atoms with E-state index in [4.69, 9.17) is 0 Å². The monoisotopic (exact) mass is 323 g/mol. The molecule has 0 aromatic carbocycles. The van der Waals surface area contributed by atoms with Crippen LogP contribution in [0.2, 0.25) is 0 Å². The molecule has 0 aliphatic heterocycles. The van der Waals surface area contributed by atoms with Gasteiger partial charge in [0.2, 0.25) is 0 Å². The van der Waals surface area contributed by atoms with Crippen LogP contribution in [0.1, 0.15) is 0 Å². The molecule has 0 aromatic rings. The zero-order chi connectivity index (χ0) is 7.71. The van der Waals surface area contributed by atoms with Crippen LogP contribution in [0.25, 0.3) is 0 Å². The van der Waals surface area contributed by atoms with Crippen molar-refractivity contribution in [1.29, 1.82) is 0 Å². The summed E-state index contributed by atoms with van der Waals surface area (Å²) >= 11 is -12.1. The van der Waals surface area contributed by atoms with Gasteiger partial charge in [-0.15, -0.1) is 0 Å². The number of hydrogen-bond donors (Lipinski definition) is 0. The molecule has 67 valence electrons. The Morgan fingerprint density at radius 2 is 1.08 bits per heavy atom. The van der Waals surface area contributed by atoms with E-state index in [0.717, 1.165) is 0 Å². The van der Waals surface area contributed by atoms with Gasteiger partial charge in [0, 0.05) is 0 Å². The van der Waals surface area contributed by atoms with Gasteiger partial charge in [-0.05, 0) is 0 Å². The van der Waals surface area contributed by atoms with Gasteiger partial charge in [-0.1, -0.05) is 0 Å². The van der Waals surface area contributed by atoms with Crippen molar-refractivity contribution >= 4 is 0 Å². The molecular weight excluding hydrogens is 323 g/mol. The maximum atomic E-state index is 9.38. The third-order valence-corrected chi connectivity index (χ3v) is 2.83. The molecule has 0 saturated carbocycles. The third kappa shape index (κ3) is 22.8. The van der Waals surface area contributed by atoms with Gasteiger partial charge in [0.05, 0.1) is 0 Å². The first kappa shape index (κ1) is 23.8. The Labute approximate surface area is 125 Å². The third-order valence-electron chi connectivity index (χ3n) is 0.167. The minimum atomic E-state index is -6.07. The van der Waals surface area contributed by atoms with Crippen LogP contribution in [0.4, 0.5) is 0 Å². The van der Waals surface area contributed by atoms with Gasteiger partial charge in [-0.3, -0.25) is 0 Å². The van der Waals surface area contributed by atoms with E-state index in [9.17, 15) is 23.5 Å². The molecule has 0 bridgehead atoms. The Kier molecular flexibility index (Phi) is 17.0. The standard InChI is InChI=1S/3Cr.K.8O/q;;+3;+1;;;;;;-2;2*-1. The molecule has 0 saturated heterocycles. The molecule has 0 rings (SSSR count). The van der Waals surface area contributed by atoms with Gasteiger partial charge in [-0.2, -0.15) is 0 Å². The summed E-state index contributed by atoms with van der Waals surface area (Å²) in [6, 6.07) is 0. The fourth-order valence-corrected chi connectivity index (χ4v) is 1.74. The molecule has 0 amide bonds. The zero-order valence-corrected chi connectivity index (χ0v) is 12.4. The quantitative estimate of drug-likeness (QED) is 0.458. The minimum absolute atomic E-state index is 0. The molecule has 0 aliphatic rings. The molecule has 8 nitrogen and oxygen atoms in total. The summed E-state index contributed by atoms with van der Waals surface area (Å²) in [5, 5.41) is 0. The van der Waals surface area contributed by atoms with Gasteiger partial charge in [-0.25, -0.2) is 0 Å². The van der Waals surface area contributed by atoms with Crippen LogP contribution in [-0.4, -0.2) is 0 Å². The summed E-state index contributed by atoms with van der Waals surface area (Å²) in [7, 11) is 0. The van der Waals surface area contributed by atoms with E-state index in [-0.39, 0.29) is 74.2 Å². The second-order valence-electron chi connectivity index (χ2n) is 0.885. The van der Waals surface area contributed by atoms with E-state index >= 15 is 0 Å². The van der Waals surface area contributed by atoms with Crippen LogP contribution in [0.15, 0.2) is 0 Å². The van der Waals surface area contributed by atoms with Crippen LogP contribution >= 0.6 is 0 Å². The first-order valence-corrected chi connectivity index (χ1v) is 5.50. The second kappa shape index (κ2) is 8.57. The molecule has 0 fully saturated rings. The van der Waals surface area contributed by atoms with Crippen LogP contribution in [0.5, 0.6) is 0 Å². The molecule has 0 aliphatic carbocycles. The number of hydrogen-bond acceptors (Lipinski definition) is 7. The van der Waals surface area contributed by atoms with Crippen molar-refractivity contribution in [2.75, 3.05) is 0 Å². The van der Waals surface area contributed by atoms with Crippen molar-refractivity contribution in [2.45, 2.75) is 0 Å². The van der Waals surface area contributed by atoms with Crippen LogP contribution in [0, 0.1) is 0 Å². The van der Waals surface area contributed by atoms with E-state index < -0.39 is 27.2 Å². The molecular formula is Cr3KO8. The van der Waals surface area contributed by atoms with E-state index in [1.54, 1.807) is 0 Å². The SMILES string of the molecule is [Cr+3].[K+].[O-2].[O]=[Cr](=[O])([O-])[O][Cr](=[O])(=[O])[O-]. The van der Waals surface area contributed by atoms with Crippen molar-refractivity contribution in [3.63, 3.8) is 0 Å². The van der Waals surface area contributed by atoms with Crippen molar-refractivity contribution < 1.29 is 128 Å². The average Bonchev–Trinajstić information content (AvgIpc) is 1.14. The average molecular weight is 323 g/mol. The van der Waals surface area contributed by atoms with Crippen LogP contribution in [-0.2, 0) is 68.1 Å². The van der Waals surface area contributed by atoms with Crippen LogP contribution in [0.3, 0.4) is 0 Å². The normalized spacial score (nSPS) is 10.2. The predicted octanol–water partition coefficient (Wildman–Crippen LogP) is -6.04. The molecule has 0 heterocycles. The topological polar surface area (TPSA) is 152 Å². The fourth-order valence-electron chi connectivity index (χ4n) is 0.102. The molecule has 0 unspecified atom stereocenters. The summed E-state index contributed by atoms with van der Waals surface area (Å²) in [5.41, 5.74) is 0. The van der Waals surface area contributed by atoms with E-state index in [0.29, 0.717) is 0 Å². The van der Waals surface area contributed by atoms with E-state index in [1.807, 2.05) is 0 Å². The molecule has 12 heteroatoms. The predicted molar refractivity (Wildman–Crippen MR) is 4.52 cm³/mol. The second-order valence-corrected chi connectivity index (χ2v) is 4.52. The Hall–Kier alpha value is 2.27. The van der Waals surface area contributed by atoms with Crippen molar-refractivity contribution in [3.8, 4) is 0 Å². The summed E-state index contributed by atoms with van der Waals surface area (Å²) < 4.78 is 58.9. The molecule has 0 aromatic heterocycles. The van der Waals surface area contributed by atoms with Gasteiger partial charge in [0.15, 0.2) is 0 Å². The van der Waals surface area contributed by atoms with Crippen LogP contribution < -0.4 is 59.7 Å². The fraction of sp³-hybridized carbons (Fsp3) is 0. The Balaban J connectivity index is -0.000000107. The Morgan fingerprint density at radius 1 is 0.917 bits per heavy atom. The van der Waals surface area contributed by atoms with E-state index in [2.05, 4.69) is 2.84 Å². The summed E-state index contributed by atoms with van der Waals surface area (Å²) in [4.78, 5) is 0. The van der Waals surface area contributed by atoms with Gasteiger partial charge in [0.1, 0.15) is 0 Å². The summed E-state index contributed by atoms with van der Waals surface area (Å²) in [6.07, 6.45) is 0. The molecule has 0 spiro atoms.